The Balaban J connectivity index is 1.52. The Morgan fingerprint density at radius 2 is 1.60 bits per heavy atom. The van der Waals surface area contributed by atoms with Crippen LogP contribution >= 0.6 is 0 Å². The number of nitrogens with zero attached hydrogens (tertiary/aromatic N) is 2. The Bertz CT molecular complexity index is 1790. The Morgan fingerprint density at radius 1 is 0.857 bits per heavy atom. The van der Waals surface area contributed by atoms with Gasteiger partial charge >= 0.3 is 0 Å². The third-order valence-electron chi connectivity index (χ3n) is 8.75. The van der Waals surface area contributed by atoms with Gasteiger partial charge in [-0.25, -0.2) is 0 Å². The molecule has 0 aliphatic carbocycles. The van der Waals surface area contributed by atoms with Crippen LogP contribution in [0.2, 0.25) is 0 Å². The first-order valence-electron chi connectivity index (χ1n) is 13.7. The topological polar surface area (TPSA) is 97.8 Å². The van der Waals surface area contributed by atoms with E-state index in [-0.39, 0.29) is 17.5 Å². The van der Waals surface area contributed by atoms with E-state index in [4.69, 9.17) is 9.47 Å². The van der Waals surface area contributed by atoms with Crippen LogP contribution in [0.4, 0.5) is 5.69 Å². The van der Waals surface area contributed by atoms with E-state index in [0.29, 0.717) is 33.9 Å². The minimum absolute atomic E-state index is 0.300. The van der Waals surface area contributed by atoms with E-state index in [1.54, 1.807) is 42.7 Å². The normalized spacial score (nSPS) is 23.1. The second-order valence-electron chi connectivity index (χ2n) is 10.6. The molecule has 4 atom stereocenters. The first-order valence-corrected chi connectivity index (χ1v) is 13.7. The van der Waals surface area contributed by atoms with Crippen molar-refractivity contribution in [3.63, 3.8) is 0 Å². The lowest BCUT2D eigenvalue weighted by Crippen LogP contribution is -2.49. The van der Waals surface area contributed by atoms with Crippen LogP contribution in [0.15, 0.2) is 97.5 Å². The summed E-state index contributed by atoms with van der Waals surface area (Å²) in [4.78, 5) is 49.9. The molecule has 3 aromatic carbocycles. The molecule has 1 N–H and O–H groups in total. The molecule has 8 heteroatoms. The fraction of sp³-hybridized carbons (Fsp3) is 0.176. The Hall–Kier alpha value is -5.24. The number of rotatable bonds is 6. The van der Waals surface area contributed by atoms with E-state index in [9.17, 15) is 14.4 Å². The van der Waals surface area contributed by atoms with Gasteiger partial charge in [0.15, 0.2) is 23.1 Å². The number of benzene rings is 3. The molecule has 0 unspecified atom stereocenters. The van der Waals surface area contributed by atoms with Crippen LogP contribution in [-0.2, 0) is 10.2 Å². The number of carbonyl (C=O) groups is 3. The maximum Gasteiger partial charge on any atom is 0.238 e. The second kappa shape index (κ2) is 9.69. The number of hydrogen-bond donors (Lipinski definition) is 1. The largest absolute Gasteiger partial charge is 0.493 e. The van der Waals surface area contributed by atoms with Crippen molar-refractivity contribution >= 4 is 29.2 Å². The number of amides is 1. The first kappa shape index (κ1) is 25.7. The van der Waals surface area contributed by atoms with E-state index in [1.165, 1.54) is 14.2 Å². The van der Waals surface area contributed by atoms with Crippen molar-refractivity contribution in [2.75, 3.05) is 19.5 Å². The molecule has 42 heavy (non-hydrogen) atoms. The highest BCUT2D eigenvalue weighted by atomic mass is 16.5. The van der Waals surface area contributed by atoms with Crippen molar-refractivity contribution in [1.82, 2.24) is 9.88 Å². The summed E-state index contributed by atoms with van der Waals surface area (Å²) in [6, 6.07) is 21.9. The van der Waals surface area contributed by atoms with Crippen molar-refractivity contribution in [2.24, 2.45) is 5.92 Å². The molecule has 1 saturated heterocycles. The molecule has 1 spiro atoms. The van der Waals surface area contributed by atoms with Crippen molar-refractivity contribution < 1.29 is 23.9 Å². The molecular weight excluding hydrogens is 530 g/mol. The van der Waals surface area contributed by atoms with Gasteiger partial charge < -0.3 is 19.7 Å². The summed E-state index contributed by atoms with van der Waals surface area (Å²) >= 11 is 0. The van der Waals surface area contributed by atoms with Gasteiger partial charge in [-0.1, -0.05) is 42.5 Å². The van der Waals surface area contributed by atoms with Gasteiger partial charge in [0, 0.05) is 35.4 Å². The zero-order valence-electron chi connectivity index (χ0n) is 23.0. The predicted octanol–water partition coefficient (Wildman–Crippen LogP) is 5.08. The van der Waals surface area contributed by atoms with E-state index in [0.717, 1.165) is 11.1 Å². The molecule has 8 nitrogen and oxygen atoms in total. The standard InChI is InChI=1S/C34H27N3O5/c1-41-26-12-11-22(19-27(26)42-2)31(39)29-28(30(38)21-13-16-35-17-14-21)34(24-9-5-6-10-25(24)36-33(34)40)32-23-8-4-3-7-20(23)15-18-37(29)32/h3-19,28-29,32H,1-2H3,(H,36,40)/t28-,29-,32-,34+/m1/s1. The average molecular weight is 558 g/mol. The quantitative estimate of drug-likeness (QED) is 0.330. The number of anilines is 1. The minimum Gasteiger partial charge on any atom is -0.493 e. The maximum absolute atomic E-state index is 14.7. The Labute approximate surface area is 242 Å². The summed E-state index contributed by atoms with van der Waals surface area (Å²) in [7, 11) is 3.03. The molecule has 0 radical (unpaired) electrons. The SMILES string of the molecule is COc1ccc(C(=O)[C@H]2[C@H](C(=O)c3ccncc3)[C@]3(C(=O)Nc4ccccc43)[C@H]3c4ccccc4C=CN23)cc1OC. The molecule has 3 aliphatic heterocycles. The number of ketones is 2. The molecule has 0 bridgehead atoms. The summed E-state index contributed by atoms with van der Waals surface area (Å²) < 4.78 is 10.9. The van der Waals surface area contributed by atoms with Crippen LogP contribution in [0.1, 0.15) is 43.4 Å². The number of hydrogen-bond acceptors (Lipinski definition) is 7. The van der Waals surface area contributed by atoms with Crippen LogP contribution < -0.4 is 14.8 Å². The van der Waals surface area contributed by atoms with Gasteiger partial charge in [-0.15, -0.1) is 0 Å². The number of para-hydroxylation sites is 1. The van der Waals surface area contributed by atoms with Crippen molar-refractivity contribution in [3.05, 3.63) is 125 Å². The third kappa shape index (κ3) is 3.48. The molecule has 208 valence electrons. The third-order valence-corrected chi connectivity index (χ3v) is 8.75. The number of carbonyl (C=O) groups excluding carboxylic acids is 3. The Morgan fingerprint density at radius 3 is 2.38 bits per heavy atom. The number of fused-ring (bicyclic) bond motifs is 6. The van der Waals surface area contributed by atoms with Crippen molar-refractivity contribution in [2.45, 2.75) is 17.5 Å². The molecule has 4 aromatic rings. The van der Waals surface area contributed by atoms with Crippen LogP contribution in [0.5, 0.6) is 11.5 Å². The summed E-state index contributed by atoms with van der Waals surface area (Å²) in [6.45, 7) is 0. The Kier molecular flexibility index (Phi) is 5.93. The van der Waals surface area contributed by atoms with E-state index < -0.39 is 23.4 Å². The lowest BCUT2D eigenvalue weighted by atomic mass is 9.62. The van der Waals surface area contributed by atoms with Crippen LogP contribution in [0.25, 0.3) is 6.08 Å². The number of nitrogens with one attached hydrogen (secondary N) is 1. The average Bonchev–Trinajstić information content (AvgIpc) is 3.52. The summed E-state index contributed by atoms with van der Waals surface area (Å²) in [5.74, 6) is -1.10. The molecule has 1 fully saturated rings. The van der Waals surface area contributed by atoms with Crippen LogP contribution in [0.3, 0.4) is 0 Å². The molecular formula is C34H27N3O5. The van der Waals surface area contributed by atoms with Crippen LogP contribution in [-0.4, -0.2) is 47.6 Å². The van der Waals surface area contributed by atoms with Gasteiger partial charge in [0.25, 0.3) is 0 Å². The zero-order chi connectivity index (χ0) is 29.0. The van der Waals surface area contributed by atoms with E-state index in [1.807, 2.05) is 65.7 Å². The van der Waals surface area contributed by atoms with Crippen LogP contribution in [0, 0.1) is 5.92 Å². The fourth-order valence-electron chi connectivity index (χ4n) is 7.02. The van der Waals surface area contributed by atoms with Gasteiger partial charge in [-0.05, 0) is 59.2 Å². The first-order chi connectivity index (χ1) is 20.5. The van der Waals surface area contributed by atoms with Crippen molar-refractivity contribution in [1.29, 1.82) is 0 Å². The molecule has 7 rings (SSSR count). The second-order valence-corrected chi connectivity index (χ2v) is 10.6. The van der Waals surface area contributed by atoms with Crippen molar-refractivity contribution in [3.8, 4) is 11.5 Å². The monoisotopic (exact) mass is 557 g/mol. The highest BCUT2D eigenvalue weighted by Crippen LogP contribution is 2.62. The molecule has 4 heterocycles. The summed E-state index contributed by atoms with van der Waals surface area (Å²) in [5, 5.41) is 3.06. The zero-order valence-corrected chi connectivity index (χ0v) is 23.0. The molecule has 1 amide bonds. The highest BCUT2D eigenvalue weighted by Gasteiger charge is 2.70. The maximum atomic E-state index is 14.7. The predicted molar refractivity (Wildman–Crippen MR) is 157 cm³/mol. The lowest BCUT2D eigenvalue weighted by Gasteiger charge is -2.38. The lowest BCUT2D eigenvalue weighted by molar-refractivity contribution is -0.122. The minimum atomic E-state index is -1.39. The number of aromatic nitrogens is 1. The van der Waals surface area contributed by atoms with Gasteiger partial charge in [0.2, 0.25) is 5.91 Å². The molecule has 1 aromatic heterocycles. The van der Waals surface area contributed by atoms with Gasteiger partial charge in [-0.3, -0.25) is 19.4 Å². The fourth-order valence-corrected chi connectivity index (χ4v) is 7.02. The molecule has 3 aliphatic rings. The van der Waals surface area contributed by atoms with Gasteiger partial charge in [0.1, 0.15) is 11.5 Å². The van der Waals surface area contributed by atoms with Gasteiger partial charge in [0.05, 0.1) is 26.2 Å². The number of pyridine rings is 1. The summed E-state index contributed by atoms with van der Waals surface area (Å²) in [5.41, 5.74) is 2.49. The van der Waals surface area contributed by atoms with Gasteiger partial charge in [-0.2, -0.15) is 0 Å². The van der Waals surface area contributed by atoms with E-state index in [2.05, 4.69) is 10.3 Å². The molecule has 0 saturated carbocycles. The number of Topliss-reactive ketones (excluding diaryl/α,β-unsaturated/α-hetero) is 2. The highest BCUT2D eigenvalue weighted by molar-refractivity contribution is 6.16. The smallest absolute Gasteiger partial charge is 0.238 e. The number of methoxy groups -OCH3 is 2. The number of ether oxygens (including phenoxy) is 2. The summed E-state index contributed by atoms with van der Waals surface area (Å²) in [6.07, 6.45) is 6.88. The van der Waals surface area contributed by atoms with E-state index >= 15 is 0 Å².